The third-order valence-corrected chi connectivity index (χ3v) is 5.37. The lowest BCUT2D eigenvalue weighted by molar-refractivity contribution is 0.0601. The van der Waals surface area contributed by atoms with Gasteiger partial charge in [-0.3, -0.25) is 0 Å². The van der Waals surface area contributed by atoms with Crippen molar-refractivity contribution in [2.24, 2.45) is 0 Å². The Hall–Kier alpha value is -0.170. The molecule has 6 heteroatoms. The van der Waals surface area contributed by atoms with Gasteiger partial charge in [0, 0.05) is 19.1 Å². The molecule has 1 unspecified atom stereocenters. The van der Waals surface area contributed by atoms with E-state index in [4.69, 9.17) is 0 Å². The van der Waals surface area contributed by atoms with Crippen molar-refractivity contribution in [1.82, 2.24) is 9.62 Å². The normalized spacial score (nSPS) is 21.8. The maximum absolute atomic E-state index is 12.3. The predicted octanol–water partition coefficient (Wildman–Crippen LogP) is 0.941. The highest BCUT2D eigenvalue weighted by Crippen LogP contribution is 2.14. The average molecular weight is 292 g/mol. The smallest absolute Gasteiger partial charge is 0.214 e. The highest BCUT2D eigenvalue weighted by atomic mass is 32.2. The standard InChI is InChI=1S/C13H28N2O3S/c1-4-15(11-13(2,3)16)19(17,18)10-8-12-7-5-6-9-14-12/h12,14,16H,4-11H2,1-3H3. The Bertz CT molecular complexity index is 357. The molecule has 0 aromatic rings. The summed E-state index contributed by atoms with van der Waals surface area (Å²) in [5.41, 5.74) is -0.994. The second-order valence-electron chi connectivity index (χ2n) is 5.99. The molecule has 0 saturated carbocycles. The van der Waals surface area contributed by atoms with E-state index < -0.39 is 15.6 Å². The average Bonchev–Trinajstić information content (AvgIpc) is 2.34. The van der Waals surface area contributed by atoms with Gasteiger partial charge in [0.05, 0.1) is 11.4 Å². The van der Waals surface area contributed by atoms with E-state index in [1.54, 1.807) is 13.8 Å². The summed E-state index contributed by atoms with van der Waals surface area (Å²) in [5.74, 6) is 0.161. The van der Waals surface area contributed by atoms with E-state index in [1.807, 2.05) is 6.92 Å². The maximum atomic E-state index is 12.3. The SMILES string of the molecule is CCN(CC(C)(C)O)S(=O)(=O)CCC1CCCCN1. The fraction of sp³-hybridized carbons (Fsp3) is 1.00. The molecule has 0 aromatic carbocycles. The van der Waals surface area contributed by atoms with Crippen molar-refractivity contribution in [3.63, 3.8) is 0 Å². The van der Waals surface area contributed by atoms with Crippen molar-refractivity contribution >= 4 is 10.0 Å². The number of hydrogen-bond acceptors (Lipinski definition) is 4. The second-order valence-corrected chi connectivity index (χ2v) is 8.08. The Labute approximate surface area is 117 Å². The molecule has 2 N–H and O–H groups in total. The van der Waals surface area contributed by atoms with Crippen LogP contribution >= 0.6 is 0 Å². The molecule has 0 radical (unpaired) electrons. The number of sulfonamides is 1. The summed E-state index contributed by atoms with van der Waals surface area (Å²) in [6.07, 6.45) is 4.08. The Morgan fingerprint density at radius 2 is 2.05 bits per heavy atom. The van der Waals surface area contributed by atoms with E-state index in [2.05, 4.69) is 5.32 Å². The number of nitrogens with one attached hydrogen (secondary N) is 1. The van der Waals surface area contributed by atoms with Gasteiger partial charge in [-0.05, 0) is 39.7 Å². The van der Waals surface area contributed by atoms with Crippen molar-refractivity contribution in [2.45, 2.75) is 58.1 Å². The van der Waals surface area contributed by atoms with E-state index >= 15 is 0 Å². The minimum atomic E-state index is -3.27. The van der Waals surface area contributed by atoms with Crippen LogP contribution in [0.1, 0.15) is 46.5 Å². The van der Waals surface area contributed by atoms with Crippen LogP contribution in [0.25, 0.3) is 0 Å². The molecule has 1 heterocycles. The van der Waals surface area contributed by atoms with Gasteiger partial charge >= 0.3 is 0 Å². The number of piperidine rings is 1. The predicted molar refractivity (Wildman–Crippen MR) is 77.6 cm³/mol. The van der Waals surface area contributed by atoms with Crippen molar-refractivity contribution in [2.75, 3.05) is 25.4 Å². The van der Waals surface area contributed by atoms with Crippen LogP contribution < -0.4 is 5.32 Å². The van der Waals surface area contributed by atoms with Gasteiger partial charge in [0.1, 0.15) is 0 Å². The minimum Gasteiger partial charge on any atom is -0.389 e. The first kappa shape index (κ1) is 16.9. The number of rotatable bonds is 7. The first-order valence-corrected chi connectivity index (χ1v) is 8.79. The summed E-state index contributed by atoms with van der Waals surface area (Å²) in [6.45, 7) is 6.63. The molecule has 1 atom stereocenters. The molecular formula is C13H28N2O3S. The molecule has 0 spiro atoms. The van der Waals surface area contributed by atoms with Crippen LogP contribution in [0.5, 0.6) is 0 Å². The highest BCUT2D eigenvalue weighted by molar-refractivity contribution is 7.89. The zero-order valence-corrected chi connectivity index (χ0v) is 13.2. The lowest BCUT2D eigenvalue weighted by Crippen LogP contribution is -2.44. The van der Waals surface area contributed by atoms with Gasteiger partial charge in [0.15, 0.2) is 0 Å². The first-order chi connectivity index (χ1) is 8.74. The zero-order valence-electron chi connectivity index (χ0n) is 12.4. The molecule has 1 rings (SSSR count). The largest absolute Gasteiger partial charge is 0.389 e. The van der Waals surface area contributed by atoms with Gasteiger partial charge in [0.25, 0.3) is 0 Å². The third kappa shape index (κ3) is 6.21. The van der Waals surface area contributed by atoms with E-state index in [0.29, 0.717) is 19.0 Å². The Morgan fingerprint density at radius 1 is 1.37 bits per heavy atom. The van der Waals surface area contributed by atoms with Crippen molar-refractivity contribution < 1.29 is 13.5 Å². The molecule has 1 aliphatic rings. The fourth-order valence-corrected chi connectivity index (χ4v) is 4.18. The van der Waals surface area contributed by atoms with Crippen LogP contribution in [-0.2, 0) is 10.0 Å². The molecule has 1 fully saturated rings. The van der Waals surface area contributed by atoms with Gasteiger partial charge in [-0.2, -0.15) is 4.31 Å². The summed E-state index contributed by atoms with van der Waals surface area (Å²) < 4.78 is 25.9. The number of nitrogens with zero attached hydrogens (tertiary/aromatic N) is 1. The van der Waals surface area contributed by atoms with Crippen molar-refractivity contribution in [3.8, 4) is 0 Å². The quantitative estimate of drug-likeness (QED) is 0.733. The molecule has 0 amide bonds. The van der Waals surface area contributed by atoms with E-state index in [1.165, 1.54) is 17.1 Å². The molecule has 1 aliphatic heterocycles. The number of aliphatic hydroxyl groups is 1. The molecule has 19 heavy (non-hydrogen) atoms. The summed E-state index contributed by atoms with van der Waals surface area (Å²) in [5, 5.41) is 13.1. The van der Waals surface area contributed by atoms with Gasteiger partial charge in [-0.1, -0.05) is 13.3 Å². The summed E-state index contributed by atoms with van der Waals surface area (Å²) in [4.78, 5) is 0. The van der Waals surface area contributed by atoms with Crippen LogP contribution in [0.2, 0.25) is 0 Å². The number of hydrogen-bond donors (Lipinski definition) is 2. The van der Waals surface area contributed by atoms with E-state index in [-0.39, 0.29) is 12.3 Å². The molecular weight excluding hydrogens is 264 g/mol. The topological polar surface area (TPSA) is 69.6 Å². The molecule has 0 aliphatic carbocycles. The maximum Gasteiger partial charge on any atom is 0.214 e. The summed E-state index contributed by atoms with van der Waals surface area (Å²) >= 11 is 0. The lowest BCUT2D eigenvalue weighted by Gasteiger charge is -2.29. The molecule has 114 valence electrons. The fourth-order valence-electron chi connectivity index (χ4n) is 2.43. The third-order valence-electron chi connectivity index (χ3n) is 3.45. The molecule has 0 bridgehead atoms. The van der Waals surface area contributed by atoms with Crippen molar-refractivity contribution in [1.29, 1.82) is 0 Å². The van der Waals surface area contributed by atoms with Crippen LogP contribution in [0.4, 0.5) is 0 Å². The lowest BCUT2D eigenvalue weighted by atomic mass is 10.0. The Balaban J connectivity index is 2.52. The highest BCUT2D eigenvalue weighted by Gasteiger charge is 2.27. The van der Waals surface area contributed by atoms with Gasteiger partial charge in [-0.15, -0.1) is 0 Å². The summed E-state index contributed by atoms with van der Waals surface area (Å²) in [7, 11) is -3.27. The van der Waals surface area contributed by atoms with Gasteiger partial charge in [-0.25, -0.2) is 8.42 Å². The monoisotopic (exact) mass is 292 g/mol. The van der Waals surface area contributed by atoms with Crippen LogP contribution in [-0.4, -0.2) is 54.9 Å². The molecule has 0 aromatic heterocycles. The van der Waals surface area contributed by atoms with E-state index in [0.717, 1.165) is 13.0 Å². The van der Waals surface area contributed by atoms with Crippen molar-refractivity contribution in [3.05, 3.63) is 0 Å². The summed E-state index contributed by atoms with van der Waals surface area (Å²) in [6, 6.07) is 0.323. The molecule has 1 saturated heterocycles. The zero-order chi connectivity index (χ0) is 14.5. The van der Waals surface area contributed by atoms with Gasteiger partial charge in [0.2, 0.25) is 10.0 Å². The van der Waals surface area contributed by atoms with Crippen LogP contribution in [0, 0.1) is 0 Å². The minimum absolute atomic E-state index is 0.157. The number of likely N-dealkylation sites (N-methyl/N-ethyl adjacent to an activating group) is 1. The second kappa shape index (κ2) is 7.02. The van der Waals surface area contributed by atoms with E-state index in [9.17, 15) is 13.5 Å². The molecule has 5 nitrogen and oxygen atoms in total. The Morgan fingerprint density at radius 3 is 2.53 bits per heavy atom. The van der Waals surface area contributed by atoms with Gasteiger partial charge < -0.3 is 10.4 Å². The van der Waals surface area contributed by atoms with Crippen LogP contribution in [0.15, 0.2) is 0 Å². The first-order valence-electron chi connectivity index (χ1n) is 7.18. The van der Waals surface area contributed by atoms with Crippen LogP contribution in [0.3, 0.4) is 0 Å². The Kier molecular flexibility index (Phi) is 6.23.